The lowest BCUT2D eigenvalue weighted by atomic mass is 10.0. The van der Waals surface area contributed by atoms with E-state index >= 15 is 0 Å². The van der Waals surface area contributed by atoms with Gasteiger partial charge in [0.15, 0.2) is 0 Å². The summed E-state index contributed by atoms with van der Waals surface area (Å²) in [7, 11) is -1.04. The minimum atomic E-state index is -1.04. The molecule has 5 nitrogen and oxygen atoms in total. The maximum atomic E-state index is 12.5. The minimum absolute atomic E-state index is 0.0458. The molecule has 2 rings (SSSR count). The van der Waals surface area contributed by atoms with Crippen molar-refractivity contribution in [3.63, 3.8) is 0 Å². The number of hydrogen-bond donors (Lipinski definition) is 1. The summed E-state index contributed by atoms with van der Waals surface area (Å²) in [5.74, 6) is -0.0781. The van der Waals surface area contributed by atoms with E-state index in [2.05, 4.69) is 5.32 Å². The first-order valence-corrected chi connectivity index (χ1v) is 9.00. The molecule has 0 bridgehead atoms. The molecule has 1 aliphatic heterocycles. The van der Waals surface area contributed by atoms with Crippen molar-refractivity contribution >= 4 is 28.3 Å². The number of nitrogens with zero attached hydrogens (tertiary/aromatic N) is 1. The molecule has 1 heterocycles. The Kier molecular flexibility index (Phi) is 5.34. The van der Waals surface area contributed by atoms with Crippen LogP contribution in [-0.4, -0.2) is 39.8 Å². The molecule has 0 radical (unpaired) electrons. The van der Waals surface area contributed by atoms with Crippen LogP contribution in [0.25, 0.3) is 0 Å². The molecule has 6 heteroatoms. The first kappa shape index (κ1) is 16.7. The Morgan fingerprint density at radius 1 is 1.27 bits per heavy atom. The number of anilines is 1. The molecule has 1 aliphatic rings. The zero-order valence-electron chi connectivity index (χ0n) is 13.2. The van der Waals surface area contributed by atoms with Gasteiger partial charge in [0.2, 0.25) is 11.8 Å². The minimum Gasteiger partial charge on any atom is -0.330 e. The summed E-state index contributed by atoms with van der Waals surface area (Å²) >= 11 is 0. The number of nitrogens with one attached hydrogen (secondary N) is 1. The van der Waals surface area contributed by atoms with E-state index in [1.54, 1.807) is 35.4 Å². The predicted molar refractivity (Wildman–Crippen MR) is 87.0 cm³/mol. The summed E-state index contributed by atoms with van der Waals surface area (Å²) in [6, 6.07) is 6.49. The van der Waals surface area contributed by atoms with Crippen molar-refractivity contribution in [3.8, 4) is 0 Å². The molecule has 0 spiro atoms. The van der Waals surface area contributed by atoms with E-state index < -0.39 is 16.8 Å². The molecule has 1 fully saturated rings. The van der Waals surface area contributed by atoms with Gasteiger partial charge >= 0.3 is 0 Å². The van der Waals surface area contributed by atoms with E-state index in [0.717, 1.165) is 6.42 Å². The van der Waals surface area contributed by atoms with Gasteiger partial charge in [0.25, 0.3) is 0 Å². The van der Waals surface area contributed by atoms with Crippen LogP contribution < -0.4 is 5.32 Å². The van der Waals surface area contributed by atoms with Gasteiger partial charge in [-0.3, -0.25) is 13.8 Å². The van der Waals surface area contributed by atoms with Gasteiger partial charge in [-0.05, 0) is 36.6 Å². The van der Waals surface area contributed by atoms with Crippen molar-refractivity contribution in [1.82, 2.24) is 4.90 Å². The molecule has 120 valence electrons. The third-order valence-corrected chi connectivity index (χ3v) is 4.74. The van der Waals surface area contributed by atoms with Crippen molar-refractivity contribution in [2.45, 2.75) is 37.6 Å². The van der Waals surface area contributed by atoms with E-state index in [1.165, 1.54) is 0 Å². The molecule has 1 N–H and O–H groups in total. The fraction of sp³-hybridized carbons (Fsp3) is 0.500. The van der Waals surface area contributed by atoms with Crippen molar-refractivity contribution in [2.24, 2.45) is 5.92 Å². The third-order valence-electron chi connectivity index (χ3n) is 3.80. The Balaban J connectivity index is 2.11. The number of benzene rings is 1. The summed E-state index contributed by atoms with van der Waals surface area (Å²) in [6.07, 6.45) is 2.95. The average molecular weight is 322 g/mol. The molecule has 1 saturated heterocycles. The van der Waals surface area contributed by atoms with Gasteiger partial charge in [0, 0.05) is 40.6 Å². The van der Waals surface area contributed by atoms with Crippen molar-refractivity contribution in [1.29, 1.82) is 0 Å². The highest BCUT2D eigenvalue weighted by Crippen LogP contribution is 2.21. The smallest absolute Gasteiger partial charge is 0.247 e. The molecule has 22 heavy (non-hydrogen) atoms. The van der Waals surface area contributed by atoms with Crippen LogP contribution in [0.4, 0.5) is 5.69 Å². The van der Waals surface area contributed by atoms with Gasteiger partial charge in [-0.2, -0.15) is 0 Å². The second-order valence-electron chi connectivity index (χ2n) is 5.85. The first-order chi connectivity index (χ1) is 10.4. The lowest BCUT2D eigenvalue weighted by molar-refractivity contribution is -0.136. The molecule has 1 aromatic carbocycles. The maximum absolute atomic E-state index is 12.5. The van der Waals surface area contributed by atoms with Crippen LogP contribution in [0.1, 0.15) is 26.7 Å². The van der Waals surface area contributed by atoms with Crippen LogP contribution in [0.15, 0.2) is 29.2 Å². The maximum Gasteiger partial charge on any atom is 0.247 e. The van der Waals surface area contributed by atoms with Gasteiger partial charge in [-0.25, -0.2) is 0 Å². The van der Waals surface area contributed by atoms with Gasteiger partial charge in [-0.15, -0.1) is 0 Å². The quantitative estimate of drug-likeness (QED) is 0.902. The van der Waals surface area contributed by atoms with Gasteiger partial charge in [-0.1, -0.05) is 13.8 Å². The number of carbonyl (C=O) groups is 2. The molecule has 0 aromatic heterocycles. The van der Waals surface area contributed by atoms with Crippen LogP contribution in [0.3, 0.4) is 0 Å². The molecule has 0 aliphatic carbocycles. The van der Waals surface area contributed by atoms with Crippen LogP contribution in [0.5, 0.6) is 0 Å². The number of carbonyl (C=O) groups excluding carboxylic acids is 2. The second-order valence-corrected chi connectivity index (χ2v) is 7.23. The van der Waals surface area contributed by atoms with E-state index in [0.29, 0.717) is 23.5 Å². The summed E-state index contributed by atoms with van der Waals surface area (Å²) in [6.45, 7) is 4.53. The topological polar surface area (TPSA) is 66.5 Å². The Morgan fingerprint density at radius 2 is 1.91 bits per heavy atom. The Morgan fingerprint density at radius 3 is 2.36 bits per heavy atom. The van der Waals surface area contributed by atoms with E-state index in [9.17, 15) is 13.8 Å². The zero-order valence-corrected chi connectivity index (χ0v) is 14.0. The van der Waals surface area contributed by atoms with Gasteiger partial charge in [0.1, 0.15) is 6.04 Å². The lowest BCUT2D eigenvalue weighted by Gasteiger charge is -2.29. The number of hydrogen-bond acceptors (Lipinski definition) is 3. The zero-order chi connectivity index (χ0) is 16.3. The van der Waals surface area contributed by atoms with Gasteiger partial charge < -0.3 is 10.2 Å². The highest BCUT2D eigenvalue weighted by molar-refractivity contribution is 7.84. The van der Waals surface area contributed by atoms with Crippen LogP contribution in [0.2, 0.25) is 0 Å². The van der Waals surface area contributed by atoms with E-state index in [4.69, 9.17) is 0 Å². The number of rotatable bonds is 5. The summed E-state index contributed by atoms with van der Waals surface area (Å²) < 4.78 is 11.4. The predicted octanol–water partition coefficient (Wildman–Crippen LogP) is 2.01. The lowest BCUT2D eigenvalue weighted by Crippen LogP contribution is -2.47. The van der Waals surface area contributed by atoms with Gasteiger partial charge in [0.05, 0.1) is 0 Å². The van der Waals surface area contributed by atoms with Crippen LogP contribution >= 0.6 is 0 Å². The van der Waals surface area contributed by atoms with Crippen molar-refractivity contribution in [3.05, 3.63) is 24.3 Å². The number of amides is 2. The second kappa shape index (κ2) is 7.05. The standard InChI is InChI=1S/C16H22N2O3S/c1-11(2)15(18-10-4-5-14(18)19)16(20)17-12-6-8-13(9-7-12)22(3)21/h6-9,11,15H,4-5,10H2,1-3H3,(H,17,20)/t15-,22+/m1/s1. The van der Waals surface area contributed by atoms with Crippen molar-refractivity contribution in [2.75, 3.05) is 18.1 Å². The van der Waals surface area contributed by atoms with E-state index in [-0.39, 0.29) is 17.7 Å². The van der Waals surface area contributed by atoms with Crippen molar-refractivity contribution < 1.29 is 13.8 Å². The SMILES string of the molecule is CC(C)[C@H](C(=O)Nc1ccc([S@](C)=O)cc1)N1CCCC1=O. The number of likely N-dealkylation sites (tertiary alicyclic amines) is 1. The molecular weight excluding hydrogens is 300 g/mol. The van der Waals surface area contributed by atoms with Crippen LogP contribution in [0, 0.1) is 5.92 Å². The Labute approximate surface area is 133 Å². The molecular formula is C16H22N2O3S. The van der Waals surface area contributed by atoms with Crippen LogP contribution in [-0.2, 0) is 20.4 Å². The molecule has 2 amide bonds. The fourth-order valence-corrected chi connectivity index (χ4v) is 3.23. The molecule has 1 aromatic rings. The highest BCUT2D eigenvalue weighted by Gasteiger charge is 2.34. The monoisotopic (exact) mass is 322 g/mol. The molecule has 2 atom stereocenters. The third kappa shape index (κ3) is 3.74. The fourth-order valence-electron chi connectivity index (χ4n) is 2.71. The molecule has 0 saturated carbocycles. The normalized spacial score (nSPS) is 17.6. The highest BCUT2D eigenvalue weighted by atomic mass is 32.2. The molecule has 0 unspecified atom stereocenters. The Bertz CT molecular complexity index is 584. The Hall–Kier alpha value is -1.69. The van der Waals surface area contributed by atoms with E-state index in [1.807, 2.05) is 13.8 Å². The summed E-state index contributed by atoms with van der Waals surface area (Å²) in [5.41, 5.74) is 0.650. The summed E-state index contributed by atoms with van der Waals surface area (Å²) in [5, 5.41) is 2.86. The summed E-state index contributed by atoms with van der Waals surface area (Å²) in [4.78, 5) is 26.8. The first-order valence-electron chi connectivity index (χ1n) is 7.44. The average Bonchev–Trinajstić information content (AvgIpc) is 2.85. The largest absolute Gasteiger partial charge is 0.330 e.